The zero-order valence-electron chi connectivity index (χ0n) is 14.9. The Kier molecular flexibility index (Phi) is 5.01. The van der Waals surface area contributed by atoms with Crippen molar-refractivity contribution < 1.29 is 18.0 Å². The molecule has 1 unspecified atom stereocenters. The average molecular weight is 384 g/mol. The summed E-state index contributed by atoms with van der Waals surface area (Å²) in [6.45, 7) is 1.24. The summed E-state index contributed by atoms with van der Waals surface area (Å²) in [5, 5.41) is 11.1. The molecular weight excluding hydrogens is 366 g/mol. The minimum Gasteiger partial charge on any atom is -0.463 e. The van der Waals surface area contributed by atoms with E-state index in [0.29, 0.717) is 30.2 Å². The van der Waals surface area contributed by atoms with Gasteiger partial charge >= 0.3 is 0 Å². The SMILES string of the molecule is O=C(Nc1ccc(F)c(F)c1)C1CCCN(c2ccc(-c3ccco3)nn2)C1. The third-order valence-corrected chi connectivity index (χ3v) is 4.73. The predicted octanol–water partition coefficient (Wildman–Crippen LogP) is 3.87. The second-order valence-electron chi connectivity index (χ2n) is 6.66. The fourth-order valence-corrected chi connectivity index (χ4v) is 3.27. The van der Waals surface area contributed by atoms with Gasteiger partial charge in [-0.1, -0.05) is 0 Å². The van der Waals surface area contributed by atoms with Gasteiger partial charge in [0, 0.05) is 24.8 Å². The summed E-state index contributed by atoms with van der Waals surface area (Å²) in [5.41, 5.74) is 0.877. The summed E-state index contributed by atoms with van der Waals surface area (Å²) in [6, 6.07) is 10.6. The molecule has 0 aliphatic carbocycles. The quantitative estimate of drug-likeness (QED) is 0.739. The fraction of sp³-hybridized carbons (Fsp3) is 0.250. The van der Waals surface area contributed by atoms with Gasteiger partial charge in [-0.05, 0) is 49.2 Å². The molecule has 1 fully saturated rings. The van der Waals surface area contributed by atoms with Gasteiger partial charge in [0.2, 0.25) is 5.91 Å². The molecule has 3 heterocycles. The second kappa shape index (κ2) is 7.75. The zero-order chi connectivity index (χ0) is 19.5. The van der Waals surface area contributed by atoms with Crippen LogP contribution in [0.25, 0.3) is 11.5 Å². The van der Waals surface area contributed by atoms with Crippen molar-refractivity contribution in [3.63, 3.8) is 0 Å². The number of carbonyl (C=O) groups excluding carboxylic acids is 1. The first kappa shape index (κ1) is 18.1. The van der Waals surface area contributed by atoms with E-state index < -0.39 is 11.6 Å². The number of aromatic nitrogens is 2. The monoisotopic (exact) mass is 384 g/mol. The molecular formula is C20H18F2N4O2. The Morgan fingerprint density at radius 3 is 2.75 bits per heavy atom. The Labute approximate surface area is 160 Å². The van der Waals surface area contributed by atoms with E-state index in [4.69, 9.17) is 4.42 Å². The lowest BCUT2D eigenvalue weighted by molar-refractivity contribution is -0.120. The van der Waals surface area contributed by atoms with Crippen LogP contribution in [0.5, 0.6) is 0 Å². The van der Waals surface area contributed by atoms with Crippen molar-refractivity contribution in [3.05, 3.63) is 60.4 Å². The second-order valence-corrected chi connectivity index (χ2v) is 6.66. The smallest absolute Gasteiger partial charge is 0.229 e. The predicted molar refractivity (Wildman–Crippen MR) is 99.7 cm³/mol. The van der Waals surface area contributed by atoms with Gasteiger partial charge < -0.3 is 14.6 Å². The first-order valence-corrected chi connectivity index (χ1v) is 8.98. The van der Waals surface area contributed by atoms with E-state index in [-0.39, 0.29) is 17.5 Å². The van der Waals surface area contributed by atoms with Gasteiger partial charge in [-0.25, -0.2) is 8.78 Å². The number of nitrogens with zero attached hydrogens (tertiary/aromatic N) is 3. The largest absolute Gasteiger partial charge is 0.463 e. The number of anilines is 2. The van der Waals surface area contributed by atoms with Crippen LogP contribution in [0.1, 0.15) is 12.8 Å². The Bertz CT molecular complexity index is 961. The van der Waals surface area contributed by atoms with Crippen LogP contribution >= 0.6 is 0 Å². The molecule has 1 aliphatic heterocycles. The Morgan fingerprint density at radius 1 is 1.14 bits per heavy atom. The first-order chi connectivity index (χ1) is 13.6. The molecule has 1 aliphatic rings. The summed E-state index contributed by atoms with van der Waals surface area (Å²) >= 11 is 0. The highest BCUT2D eigenvalue weighted by atomic mass is 19.2. The topological polar surface area (TPSA) is 71.3 Å². The van der Waals surface area contributed by atoms with Crippen LogP contribution in [0, 0.1) is 17.6 Å². The van der Waals surface area contributed by atoms with E-state index in [1.165, 1.54) is 6.07 Å². The van der Waals surface area contributed by atoms with Crippen molar-refractivity contribution in [3.8, 4) is 11.5 Å². The molecule has 6 nitrogen and oxygen atoms in total. The lowest BCUT2D eigenvalue weighted by atomic mass is 9.97. The number of hydrogen-bond acceptors (Lipinski definition) is 5. The number of amides is 1. The molecule has 0 saturated carbocycles. The molecule has 28 heavy (non-hydrogen) atoms. The van der Waals surface area contributed by atoms with Crippen molar-refractivity contribution in [1.29, 1.82) is 0 Å². The number of halogens is 2. The number of nitrogens with one attached hydrogen (secondary N) is 1. The Morgan fingerprint density at radius 2 is 2.04 bits per heavy atom. The van der Waals surface area contributed by atoms with Crippen molar-refractivity contribution >= 4 is 17.4 Å². The number of rotatable bonds is 4. The van der Waals surface area contributed by atoms with E-state index in [2.05, 4.69) is 15.5 Å². The maximum Gasteiger partial charge on any atom is 0.229 e. The molecule has 3 aromatic rings. The van der Waals surface area contributed by atoms with Crippen molar-refractivity contribution in [2.45, 2.75) is 12.8 Å². The Balaban J connectivity index is 1.42. The van der Waals surface area contributed by atoms with Crippen LogP contribution < -0.4 is 10.2 Å². The van der Waals surface area contributed by atoms with Gasteiger partial charge in [0.25, 0.3) is 0 Å². The van der Waals surface area contributed by atoms with Crippen molar-refractivity contribution in [2.75, 3.05) is 23.3 Å². The molecule has 8 heteroatoms. The van der Waals surface area contributed by atoms with E-state index >= 15 is 0 Å². The van der Waals surface area contributed by atoms with Crippen LogP contribution in [0.15, 0.2) is 53.1 Å². The van der Waals surface area contributed by atoms with E-state index in [0.717, 1.165) is 25.1 Å². The van der Waals surface area contributed by atoms with Gasteiger partial charge in [-0.2, -0.15) is 0 Å². The summed E-state index contributed by atoms with van der Waals surface area (Å²) in [6.07, 6.45) is 3.10. The summed E-state index contributed by atoms with van der Waals surface area (Å²) in [7, 11) is 0. The lowest BCUT2D eigenvalue weighted by Gasteiger charge is -2.32. The molecule has 0 spiro atoms. The number of hydrogen-bond donors (Lipinski definition) is 1. The zero-order valence-corrected chi connectivity index (χ0v) is 14.9. The summed E-state index contributed by atoms with van der Waals surface area (Å²) < 4.78 is 31.7. The molecule has 0 radical (unpaired) electrons. The highest BCUT2D eigenvalue weighted by molar-refractivity contribution is 5.93. The van der Waals surface area contributed by atoms with Crippen LogP contribution in [0.4, 0.5) is 20.3 Å². The highest BCUT2D eigenvalue weighted by Gasteiger charge is 2.27. The first-order valence-electron chi connectivity index (χ1n) is 8.98. The van der Waals surface area contributed by atoms with Gasteiger partial charge in [0.1, 0.15) is 5.69 Å². The molecule has 1 aromatic carbocycles. The highest BCUT2D eigenvalue weighted by Crippen LogP contribution is 2.24. The number of benzene rings is 1. The molecule has 0 bridgehead atoms. The van der Waals surface area contributed by atoms with Crippen LogP contribution in [-0.2, 0) is 4.79 Å². The van der Waals surface area contributed by atoms with Gasteiger partial charge in [-0.15, -0.1) is 10.2 Å². The van der Waals surface area contributed by atoms with Crippen LogP contribution in [-0.4, -0.2) is 29.2 Å². The summed E-state index contributed by atoms with van der Waals surface area (Å²) in [5.74, 6) is -1.13. The molecule has 1 N–H and O–H groups in total. The third kappa shape index (κ3) is 3.85. The van der Waals surface area contributed by atoms with Crippen molar-refractivity contribution in [2.24, 2.45) is 5.92 Å². The molecule has 2 aromatic heterocycles. The molecule has 1 amide bonds. The third-order valence-electron chi connectivity index (χ3n) is 4.73. The van der Waals surface area contributed by atoms with Crippen LogP contribution in [0.2, 0.25) is 0 Å². The summed E-state index contributed by atoms with van der Waals surface area (Å²) in [4.78, 5) is 14.5. The normalized spacial score (nSPS) is 16.8. The minimum atomic E-state index is -0.991. The maximum absolute atomic E-state index is 13.3. The van der Waals surface area contributed by atoms with E-state index in [9.17, 15) is 13.6 Å². The average Bonchev–Trinajstić information content (AvgIpc) is 3.26. The van der Waals surface area contributed by atoms with E-state index in [1.54, 1.807) is 12.3 Å². The Hall–Kier alpha value is -3.29. The fourth-order valence-electron chi connectivity index (χ4n) is 3.27. The minimum absolute atomic E-state index is 0.226. The van der Waals surface area contributed by atoms with Gasteiger partial charge in [0.05, 0.1) is 12.2 Å². The maximum atomic E-state index is 13.3. The molecule has 144 valence electrons. The molecule has 1 atom stereocenters. The number of furan rings is 1. The van der Waals surface area contributed by atoms with Crippen LogP contribution in [0.3, 0.4) is 0 Å². The lowest BCUT2D eigenvalue weighted by Crippen LogP contribution is -2.41. The standard InChI is InChI=1S/C20H18F2N4O2/c21-15-6-5-14(11-16(15)22)23-20(27)13-3-1-9-26(12-13)19-8-7-17(24-25-19)18-4-2-10-28-18/h2,4-8,10-11,13H,1,3,9,12H2,(H,23,27). The van der Waals surface area contributed by atoms with Gasteiger partial charge in [-0.3, -0.25) is 4.79 Å². The van der Waals surface area contributed by atoms with Gasteiger partial charge in [0.15, 0.2) is 23.2 Å². The number of piperidine rings is 1. The van der Waals surface area contributed by atoms with Crippen molar-refractivity contribution in [1.82, 2.24) is 10.2 Å². The molecule has 4 rings (SSSR count). The number of carbonyl (C=O) groups is 1. The van der Waals surface area contributed by atoms with E-state index in [1.807, 2.05) is 23.1 Å². The molecule has 1 saturated heterocycles.